The lowest BCUT2D eigenvalue weighted by Crippen LogP contribution is -2.34. The van der Waals surface area contributed by atoms with E-state index >= 15 is 0 Å². The zero-order valence-corrected chi connectivity index (χ0v) is 16.0. The Bertz CT molecular complexity index is 771. The van der Waals surface area contributed by atoms with Crippen LogP contribution in [-0.4, -0.2) is 23.2 Å². The molecule has 1 aromatic heterocycles. The molecule has 26 heavy (non-hydrogen) atoms. The summed E-state index contributed by atoms with van der Waals surface area (Å²) in [6, 6.07) is 8.93. The molecule has 1 amide bonds. The van der Waals surface area contributed by atoms with Crippen LogP contribution in [0.4, 0.5) is 5.69 Å². The zero-order chi connectivity index (χ0) is 19.1. The number of benzene rings is 1. The average molecular weight is 376 g/mol. The summed E-state index contributed by atoms with van der Waals surface area (Å²) < 4.78 is 10.9. The Morgan fingerprint density at radius 1 is 1.31 bits per heavy atom. The van der Waals surface area contributed by atoms with Gasteiger partial charge in [0.15, 0.2) is 5.11 Å². The molecule has 1 aromatic carbocycles. The Kier molecular flexibility index (Phi) is 7.17. The molecule has 7 heteroatoms. The first-order valence-corrected chi connectivity index (χ1v) is 8.82. The predicted octanol–water partition coefficient (Wildman–Crippen LogP) is 3.70. The second kappa shape index (κ2) is 9.35. The molecule has 0 aliphatic heterocycles. The van der Waals surface area contributed by atoms with Gasteiger partial charge in [0, 0.05) is 12.0 Å². The van der Waals surface area contributed by atoms with Gasteiger partial charge in [0.2, 0.25) is 5.91 Å². The third-order valence-corrected chi connectivity index (χ3v) is 3.96. The van der Waals surface area contributed by atoms with Gasteiger partial charge >= 0.3 is 0 Å². The number of nitrogens with one attached hydrogen (secondary N) is 2. The molecule has 2 aromatic rings. The van der Waals surface area contributed by atoms with E-state index in [2.05, 4.69) is 24.5 Å². The minimum atomic E-state index is -0.159. The molecule has 0 aliphatic rings. The van der Waals surface area contributed by atoms with Crippen molar-refractivity contribution < 1.29 is 19.1 Å². The van der Waals surface area contributed by atoms with Gasteiger partial charge in [-0.05, 0) is 54.9 Å². The van der Waals surface area contributed by atoms with E-state index in [1.165, 1.54) is 0 Å². The molecule has 0 saturated carbocycles. The highest BCUT2D eigenvalue weighted by molar-refractivity contribution is 7.80. The Balaban J connectivity index is 2.10. The van der Waals surface area contributed by atoms with Crippen molar-refractivity contribution in [2.75, 3.05) is 12.4 Å². The van der Waals surface area contributed by atoms with Crippen LogP contribution >= 0.6 is 12.2 Å². The summed E-state index contributed by atoms with van der Waals surface area (Å²) in [5, 5.41) is 15.0. The molecule has 0 unspecified atom stereocenters. The van der Waals surface area contributed by atoms with Crippen LogP contribution in [0.5, 0.6) is 5.75 Å². The Labute approximate surface area is 158 Å². The van der Waals surface area contributed by atoms with Crippen LogP contribution < -0.4 is 15.4 Å². The molecule has 0 spiro atoms. The topological polar surface area (TPSA) is 83.7 Å². The molecular formula is C19H24N2O4S. The summed E-state index contributed by atoms with van der Waals surface area (Å²) in [4.78, 5) is 11.9. The van der Waals surface area contributed by atoms with Crippen molar-refractivity contribution >= 4 is 28.9 Å². The SMILES string of the molecule is COc1ccc(-c2ccc(CO)o2)cc1NC(=S)NC(=O)CCC(C)C. The van der Waals surface area contributed by atoms with Gasteiger partial charge in [-0.25, -0.2) is 0 Å². The van der Waals surface area contributed by atoms with Crippen LogP contribution in [0.1, 0.15) is 32.4 Å². The van der Waals surface area contributed by atoms with Gasteiger partial charge in [-0.2, -0.15) is 0 Å². The fourth-order valence-corrected chi connectivity index (χ4v) is 2.56. The van der Waals surface area contributed by atoms with Crippen LogP contribution in [0.15, 0.2) is 34.7 Å². The first-order valence-electron chi connectivity index (χ1n) is 8.41. The number of aliphatic hydroxyl groups is 1. The average Bonchev–Trinajstić information content (AvgIpc) is 3.09. The number of ether oxygens (including phenoxy) is 1. The van der Waals surface area contributed by atoms with Crippen LogP contribution in [0.3, 0.4) is 0 Å². The summed E-state index contributed by atoms with van der Waals surface area (Å²) in [6.45, 7) is 3.97. The second-order valence-electron chi connectivity index (χ2n) is 6.27. The van der Waals surface area contributed by atoms with Crippen molar-refractivity contribution in [1.29, 1.82) is 0 Å². The number of methoxy groups -OCH3 is 1. The largest absolute Gasteiger partial charge is 0.495 e. The highest BCUT2D eigenvalue weighted by Gasteiger charge is 2.12. The van der Waals surface area contributed by atoms with Crippen molar-refractivity contribution in [2.45, 2.75) is 33.3 Å². The van der Waals surface area contributed by atoms with Gasteiger partial charge in [0.05, 0.1) is 12.8 Å². The normalized spacial score (nSPS) is 10.7. The van der Waals surface area contributed by atoms with Crippen molar-refractivity contribution in [3.63, 3.8) is 0 Å². The molecule has 0 fully saturated rings. The van der Waals surface area contributed by atoms with Crippen LogP contribution in [0, 0.1) is 5.92 Å². The van der Waals surface area contributed by atoms with Gasteiger partial charge in [-0.1, -0.05) is 13.8 Å². The van der Waals surface area contributed by atoms with E-state index in [0.29, 0.717) is 35.3 Å². The fourth-order valence-electron chi connectivity index (χ4n) is 2.34. The number of thiocarbonyl (C=S) groups is 1. The zero-order valence-electron chi connectivity index (χ0n) is 15.2. The van der Waals surface area contributed by atoms with Crippen LogP contribution in [0.25, 0.3) is 11.3 Å². The number of anilines is 1. The van der Waals surface area contributed by atoms with Gasteiger partial charge < -0.3 is 24.9 Å². The number of hydrogen-bond donors (Lipinski definition) is 3. The Morgan fingerprint density at radius 3 is 2.69 bits per heavy atom. The van der Waals surface area contributed by atoms with Crippen molar-refractivity contribution in [3.05, 3.63) is 36.1 Å². The summed E-state index contributed by atoms with van der Waals surface area (Å²) in [5.41, 5.74) is 1.41. The minimum Gasteiger partial charge on any atom is -0.495 e. The molecule has 6 nitrogen and oxygen atoms in total. The van der Waals surface area contributed by atoms with E-state index in [1.807, 2.05) is 12.1 Å². The van der Waals surface area contributed by atoms with E-state index < -0.39 is 0 Å². The Morgan fingerprint density at radius 2 is 2.08 bits per heavy atom. The maximum Gasteiger partial charge on any atom is 0.226 e. The Hall–Kier alpha value is -2.38. The first-order chi connectivity index (χ1) is 12.4. The van der Waals surface area contributed by atoms with Crippen LogP contribution in [0.2, 0.25) is 0 Å². The maximum absolute atomic E-state index is 11.9. The van der Waals surface area contributed by atoms with Crippen molar-refractivity contribution in [3.8, 4) is 17.1 Å². The van der Waals surface area contributed by atoms with Gasteiger partial charge in [-0.3, -0.25) is 4.79 Å². The molecule has 140 valence electrons. The number of hydrogen-bond acceptors (Lipinski definition) is 5. The lowest BCUT2D eigenvalue weighted by Gasteiger charge is -2.14. The quantitative estimate of drug-likeness (QED) is 0.639. The fraction of sp³-hybridized carbons (Fsp3) is 0.368. The maximum atomic E-state index is 11.9. The lowest BCUT2D eigenvalue weighted by molar-refractivity contribution is -0.119. The molecule has 0 saturated heterocycles. The molecule has 0 aliphatic carbocycles. The molecule has 1 heterocycles. The minimum absolute atomic E-state index is 0.120. The molecule has 0 bridgehead atoms. The monoisotopic (exact) mass is 376 g/mol. The molecule has 0 atom stereocenters. The van der Waals surface area contributed by atoms with Crippen molar-refractivity contribution in [2.24, 2.45) is 5.92 Å². The summed E-state index contributed by atoms with van der Waals surface area (Å²) in [5.74, 6) is 2.02. The van der Waals surface area contributed by atoms with E-state index in [-0.39, 0.29) is 17.6 Å². The molecule has 2 rings (SSSR count). The van der Waals surface area contributed by atoms with E-state index in [0.717, 1.165) is 12.0 Å². The third-order valence-electron chi connectivity index (χ3n) is 3.75. The van der Waals surface area contributed by atoms with Crippen molar-refractivity contribution in [1.82, 2.24) is 5.32 Å². The smallest absolute Gasteiger partial charge is 0.226 e. The van der Waals surface area contributed by atoms with E-state index in [9.17, 15) is 4.79 Å². The first kappa shape index (κ1) is 19.9. The number of furan rings is 1. The predicted molar refractivity (Wildman–Crippen MR) is 105 cm³/mol. The lowest BCUT2D eigenvalue weighted by atomic mass is 10.1. The number of carbonyl (C=O) groups excluding carboxylic acids is 1. The highest BCUT2D eigenvalue weighted by atomic mass is 32.1. The number of rotatable bonds is 7. The molecule has 0 radical (unpaired) electrons. The summed E-state index contributed by atoms with van der Waals surface area (Å²) in [7, 11) is 1.56. The van der Waals surface area contributed by atoms with Gasteiger partial charge in [-0.15, -0.1) is 0 Å². The summed E-state index contributed by atoms with van der Waals surface area (Å²) >= 11 is 5.23. The van der Waals surface area contributed by atoms with Gasteiger partial charge in [0.1, 0.15) is 23.9 Å². The number of aliphatic hydroxyl groups excluding tert-OH is 1. The standard InChI is InChI=1S/C19H24N2O4S/c1-12(2)4-9-18(23)21-19(26)20-15-10-13(5-7-17(15)24-3)16-8-6-14(11-22)25-16/h5-8,10,12,22H,4,9,11H2,1-3H3,(H2,20,21,23,26). The highest BCUT2D eigenvalue weighted by Crippen LogP contribution is 2.31. The molecule has 3 N–H and O–H groups in total. The summed E-state index contributed by atoms with van der Waals surface area (Å²) in [6.07, 6.45) is 1.23. The second-order valence-corrected chi connectivity index (χ2v) is 6.68. The molecular weight excluding hydrogens is 352 g/mol. The van der Waals surface area contributed by atoms with E-state index in [4.69, 9.17) is 26.5 Å². The number of carbonyl (C=O) groups is 1. The van der Waals surface area contributed by atoms with Gasteiger partial charge in [0.25, 0.3) is 0 Å². The number of amides is 1. The third kappa shape index (κ3) is 5.57. The van der Waals surface area contributed by atoms with E-state index in [1.54, 1.807) is 25.3 Å². The van der Waals surface area contributed by atoms with Crippen LogP contribution in [-0.2, 0) is 11.4 Å².